The van der Waals surface area contributed by atoms with Crippen molar-refractivity contribution in [3.63, 3.8) is 0 Å². The van der Waals surface area contributed by atoms with Gasteiger partial charge in [-0.05, 0) is 26.5 Å². The van der Waals surface area contributed by atoms with Gasteiger partial charge in [-0.25, -0.2) is 9.50 Å². The third-order valence-corrected chi connectivity index (χ3v) is 2.37. The highest BCUT2D eigenvalue weighted by Crippen LogP contribution is 2.08. The Labute approximate surface area is 83.0 Å². The van der Waals surface area contributed by atoms with Crippen molar-refractivity contribution in [3.8, 4) is 0 Å². The van der Waals surface area contributed by atoms with Gasteiger partial charge in [-0.3, -0.25) is 0 Å². The molecule has 14 heavy (non-hydrogen) atoms. The first-order valence-electron chi connectivity index (χ1n) is 4.75. The maximum atomic E-state index is 4.30. The summed E-state index contributed by atoms with van der Waals surface area (Å²) in [6, 6.07) is 2.33. The van der Waals surface area contributed by atoms with Gasteiger partial charge in [-0.15, -0.1) is 0 Å². The number of rotatable bonds is 3. The highest BCUT2D eigenvalue weighted by atomic mass is 15.2. The lowest BCUT2D eigenvalue weighted by atomic mass is 10.1. The fourth-order valence-corrected chi connectivity index (χ4v) is 1.45. The maximum absolute atomic E-state index is 4.30. The van der Waals surface area contributed by atoms with Gasteiger partial charge in [0.05, 0.1) is 6.20 Å². The van der Waals surface area contributed by atoms with E-state index in [9.17, 15) is 0 Å². The van der Waals surface area contributed by atoms with E-state index >= 15 is 0 Å². The molecular weight excluding hydrogens is 176 g/mol. The van der Waals surface area contributed by atoms with Gasteiger partial charge in [0.25, 0.3) is 0 Å². The van der Waals surface area contributed by atoms with Gasteiger partial charge in [0.1, 0.15) is 0 Å². The summed E-state index contributed by atoms with van der Waals surface area (Å²) in [5, 5.41) is 7.44. The van der Waals surface area contributed by atoms with Gasteiger partial charge in [-0.1, -0.05) is 0 Å². The van der Waals surface area contributed by atoms with Crippen molar-refractivity contribution in [2.24, 2.45) is 0 Å². The van der Waals surface area contributed by atoms with Gasteiger partial charge in [-0.2, -0.15) is 5.10 Å². The molecule has 2 aromatic rings. The van der Waals surface area contributed by atoms with E-state index in [-0.39, 0.29) is 0 Å². The minimum Gasteiger partial charge on any atom is -0.317 e. The molecule has 0 aliphatic heterocycles. The van der Waals surface area contributed by atoms with Crippen LogP contribution in [0, 0.1) is 0 Å². The molecular formula is C10H14N4. The van der Waals surface area contributed by atoms with Crippen LogP contribution in [0.1, 0.15) is 12.5 Å². The molecule has 2 heterocycles. The first kappa shape index (κ1) is 9.15. The van der Waals surface area contributed by atoms with Crippen LogP contribution in [0.4, 0.5) is 0 Å². The smallest absolute Gasteiger partial charge is 0.158 e. The number of fused-ring (bicyclic) bond motifs is 1. The zero-order chi connectivity index (χ0) is 9.97. The zero-order valence-corrected chi connectivity index (χ0v) is 8.44. The summed E-state index contributed by atoms with van der Waals surface area (Å²) >= 11 is 0. The predicted octanol–water partition coefficient (Wildman–Crippen LogP) is 0.880. The van der Waals surface area contributed by atoms with Crippen LogP contribution in [0.3, 0.4) is 0 Å². The van der Waals surface area contributed by atoms with Crippen LogP contribution in [0.25, 0.3) is 5.65 Å². The molecule has 0 aromatic carbocycles. The van der Waals surface area contributed by atoms with Crippen LogP contribution in [0.5, 0.6) is 0 Å². The molecule has 1 unspecified atom stereocenters. The van der Waals surface area contributed by atoms with Crippen molar-refractivity contribution in [2.75, 3.05) is 7.05 Å². The Balaban J connectivity index is 2.33. The average molecular weight is 190 g/mol. The highest BCUT2D eigenvalue weighted by molar-refractivity contribution is 5.45. The van der Waals surface area contributed by atoms with E-state index in [4.69, 9.17) is 0 Å². The Bertz CT molecular complexity index is 421. The quantitative estimate of drug-likeness (QED) is 0.781. The average Bonchev–Trinajstić information content (AvgIpc) is 2.62. The van der Waals surface area contributed by atoms with Crippen molar-refractivity contribution >= 4 is 5.65 Å². The topological polar surface area (TPSA) is 42.2 Å². The molecule has 2 aromatic heterocycles. The molecule has 0 saturated heterocycles. The lowest BCUT2D eigenvalue weighted by molar-refractivity contribution is 0.610. The summed E-state index contributed by atoms with van der Waals surface area (Å²) in [5.74, 6) is 0. The Morgan fingerprint density at radius 2 is 2.43 bits per heavy atom. The summed E-state index contributed by atoms with van der Waals surface area (Å²) in [6.45, 7) is 2.15. The summed E-state index contributed by atoms with van der Waals surface area (Å²) in [6.07, 6.45) is 6.55. The van der Waals surface area contributed by atoms with Crippen LogP contribution in [0.15, 0.2) is 24.7 Å². The first-order valence-corrected chi connectivity index (χ1v) is 4.75. The summed E-state index contributed by atoms with van der Waals surface area (Å²) in [7, 11) is 1.96. The molecule has 1 N–H and O–H groups in total. The van der Waals surface area contributed by atoms with Gasteiger partial charge >= 0.3 is 0 Å². The normalized spacial score (nSPS) is 13.3. The molecule has 0 aliphatic rings. The molecule has 0 saturated carbocycles. The van der Waals surface area contributed by atoms with E-state index in [2.05, 4.69) is 22.3 Å². The highest BCUT2D eigenvalue weighted by Gasteiger charge is 2.07. The van der Waals surface area contributed by atoms with Crippen LogP contribution in [0.2, 0.25) is 0 Å². The SMILES string of the molecule is CNC(C)Cc1cnn2cccnc12. The van der Waals surface area contributed by atoms with Crippen LogP contribution in [-0.4, -0.2) is 27.7 Å². The second kappa shape index (κ2) is 3.75. The second-order valence-electron chi connectivity index (χ2n) is 3.45. The molecule has 4 heteroatoms. The van der Waals surface area contributed by atoms with Crippen LogP contribution >= 0.6 is 0 Å². The van der Waals surface area contributed by atoms with Gasteiger partial charge in [0.15, 0.2) is 5.65 Å². The monoisotopic (exact) mass is 190 g/mol. The molecule has 0 fully saturated rings. The number of aromatic nitrogens is 3. The number of hydrogen-bond acceptors (Lipinski definition) is 3. The lowest BCUT2D eigenvalue weighted by Crippen LogP contribution is -2.23. The largest absolute Gasteiger partial charge is 0.317 e. The molecule has 0 aliphatic carbocycles. The third kappa shape index (κ3) is 1.61. The van der Waals surface area contributed by atoms with Crippen LogP contribution < -0.4 is 5.32 Å². The summed E-state index contributed by atoms with van der Waals surface area (Å²) < 4.78 is 1.80. The standard InChI is InChI=1S/C10H14N4/c1-8(11-2)6-9-7-13-14-5-3-4-12-10(9)14/h3-5,7-8,11H,6H2,1-2H3. The van der Waals surface area contributed by atoms with Crippen molar-refractivity contribution in [3.05, 3.63) is 30.2 Å². The van der Waals surface area contributed by atoms with E-state index in [1.54, 1.807) is 10.7 Å². The Hall–Kier alpha value is -1.42. The van der Waals surface area contributed by atoms with Crippen molar-refractivity contribution in [2.45, 2.75) is 19.4 Å². The Morgan fingerprint density at radius 3 is 3.21 bits per heavy atom. The third-order valence-electron chi connectivity index (χ3n) is 2.37. The van der Waals surface area contributed by atoms with Gasteiger partial charge < -0.3 is 5.32 Å². The molecule has 0 spiro atoms. The number of hydrogen-bond donors (Lipinski definition) is 1. The van der Waals surface area contributed by atoms with E-state index in [0.717, 1.165) is 12.1 Å². The summed E-state index contributed by atoms with van der Waals surface area (Å²) in [5.41, 5.74) is 2.14. The minimum atomic E-state index is 0.449. The van der Waals surface area contributed by atoms with Crippen LogP contribution in [-0.2, 0) is 6.42 Å². The zero-order valence-electron chi connectivity index (χ0n) is 8.44. The number of likely N-dealkylation sites (N-methyl/N-ethyl adjacent to an activating group) is 1. The fraction of sp³-hybridized carbons (Fsp3) is 0.400. The molecule has 4 nitrogen and oxygen atoms in total. The molecule has 0 amide bonds. The molecule has 74 valence electrons. The van der Waals surface area contributed by atoms with E-state index in [1.165, 1.54) is 5.56 Å². The fourth-order valence-electron chi connectivity index (χ4n) is 1.45. The Kier molecular flexibility index (Phi) is 2.45. The van der Waals surface area contributed by atoms with Gasteiger partial charge in [0.2, 0.25) is 0 Å². The van der Waals surface area contributed by atoms with Gasteiger partial charge in [0, 0.05) is 24.0 Å². The molecule has 0 radical (unpaired) electrons. The van der Waals surface area contributed by atoms with E-state index in [0.29, 0.717) is 6.04 Å². The maximum Gasteiger partial charge on any atom is 0.158 e. The minimum absolute atomic E-state index is 0.449. The molecule has 1 atom stereocenters. The first-order chi connectivity index (χ1) is 6.81. The molecule has 0 bridgehead atoms. The predicted molar refractivity (Wildman–Crippen MR) is 55.2 cm³/mol. The summed E-state index contributed by atoms with van der Waals surface area (Å²) in [4.78, 5) is 4.30. The lowest BCUT2D eigenvalue weighted by Gasteiger charge is -2.07. The molecule has 2 rings (SSSR count). The Morgan fingerprint density at radius 1 is 1.57 bits per heavy atom. The second-order valence-corrected chi connectivity index (χ2v) is 3.45. The number of nitrogens with zero attached hydrogens (tertiary/aromatic N) is 3. The van der Waals surface area contributed by atoms with E-state index in [1.807, 2.05) is 25.5 Å². The van der Waals surface area contributed by atoms with Crippen molar-refractivity contribution < 1.29 is 0 Å². The van der Waals surface area contributed by atoms with E-state index < -0.39 is 0 Å². The van der Waals surface area contributed by atoms with Crippen molar-refractivity contribution in [1.82, 2.24) is 19.9 Å². The van der Waals surface area contributed by atoms with Crippen molar-refractivity contribution in [1.29, 1.82) is 0 Å². The number of nitrogens with one attached hydrogen (secondary N) is 1.